The molecule has 1 saturated heterocycles. The second-order valence-electron chi connectivity index (χ2n) is 5.47. The molecule has 2 aliphatic rings. The van der Waals surface area contributed by atoms with E-state index in [9.17, 15) is 9.59 Å². The van der Waals surface area contributed by atoms with Crippen molar-refractivity contribution in [3.05, 3.63) is 0 Å². The molecule has 19 heavy (non-hydrogen) atoms. The lowest BCUT2D eigenvalue weighted by molar-refractivity contribution is -0.134. The van der Waals surface area contributed by atoms with Crippen molar-refractivity contribution in [2.75, 3.05) is 26.2 Å². The van der Waals surface area contributed by atoms with E-state index in [1.165, 1.54) is 13.3 Å². The summed E-state index contributed by atoms with van der Waals surface area (Å²) in [5.74, 6) is 0.607. The summed E-state index contributed by atoms with van der Waals surface area (Å²) in [6.07, 6.45) is 4.55. The SMILES string of the molecule is CC(=O)NCCNC(=O)[C@@]12CCCC[C@H]1CNC2.Cl. The Kier molecular flexibility index (Phi) is 6.07. The lowest BCUT2D eigenvalue weighted by Gasteiger charge is -2.37. The molecule has 5 nitrogen and oxygen atoms in total. The molecule has 1 saturated carbocycles. The van der Waals surface area contributed by atoms with Crippen LogP contribution in [-0.2, 0) is 9.59 Å². The van der Waals surface area contributed by atoms with E-state index in [1.54, 1.807) is 0 Å². The summed E-state index contributed by atoms with van der Waals surface area (Å²) in [6.45, 7) is 4.30. The second kappa shape index (κ2) is 7.10. The molecule has 1 aliphatic carbocycles. The summed E-state index contributed by atoms with van der Waals surface area (Å²) in [4.78, 5) is 23.1. The minimum atomic E-state index is -0.186. The average Bonchev–Trinajstić information content (AvgIpc) is 2.79. The van der Waals surface area contributed by atoms with Gasteiger partial charge in [-0.2, -0.15) is 0 Å². The van der Waals surface area contributed by atoms with Gasteiger partial charge in [-0.25, -0.2) is 0 Å². The molecule has 0 spiro atoms. The molecule has 3 N–H and O–H groups in total. The Hall–Kier alpha value is -0.810. The number of amides is 2. The summed E-state index contributed by atoms with van der Waals surface area (Å²) in [7, 11) is 0. The zero-order valence-corrected chi connectivity index (χ0v) is 12.3. The van der Waals surface area contributed by atoms with E-state index < -0.39 is 0 Å². The van der Waals surface area contributed by atoms with Crippen LogP contribution >= 0.6 is 12.4 Å². The summed E-state index contributed by atoms with van der Waals surface area (Å²) >= 11 is 0. The smallest absolute Gasteiger partial charge is 0.227 e. The van der Waals surface area contributed by atoms with Crippen molar-refractivity contribution < 1.29 is 9.59 Å². The van der Waals surface area contributed by atoms with Gasteiger partial charge in [-0.15, -0.1) is 12.4 Å². The number of nitrogens with one attached hydrogen (secondary N) is 3. The number of fused-ring (bicyclic) bond motifs is 1. The number of carbonyl (C=O) groups is 2. The van der Waals surface area contributed by atoms with Crippen molar-refractivity contribution in [2.45, 2.75) is 32.6 Å². The number of hydrogen-bond donors (Lipinski definition) is 3. The molecule has 2 rings (SSSR count). The first-order chi connectivity index (χ1) is 8.65. The number of rotatable bonds is 4. The predicted octanol–water partition coefficient (Wildman–Crippen LogP) is 0.440. The Balaban J connectivity index is 0.00000180. The van der Waals surface area contributed by atoms with Crippen LogP contribution in [0.3, 0.4) is 0 Å². The highest BCUT2D eigenvalue weighted by Gasteiger charge is 2.49. The van der Waals surface area contributed by atoms with Crippen LogP contribution in [0.2, 0.25) is 0 Å². The van der Waals surface area contributed by atoms with Crippen LogP contribution in [0.5, 0.6) is 0 Å². The minimum absolute atomic E-state index is 0. The van der Waals surface area contributed by atoms with E-state index in [0.717, 1.165) is 32.4 Å². The molecule has 0 aromatic rings. The largest absolute Gasteiger partial charge is 0.355 e. The zero-order valence-electron chi connectivity index (χ0n) is 11.5. The monoisotopic (exact) mass is 289 g/mol. The molecule has 1 aliphatic heterocycles. The van der Waals surface area contributed by atoms with Gasteiger partial charge in [0.15, 0.2) is 0 Å². The highest BCUT2D eigenvalue weighted by molar-refractivity contribution is 5.85. The van der Waals surface area contributed by atoms with E-state index in [0.29, 0.717) is 19.0 Å². The van der Waals surface area contributed by atoms with Crippen molar-refractivity contribution in [3.63, 3.8) is 0 Å². The molecule has 0 aromatic carbocycles. The van der Waals surface area contributed by atoms with E-state index in [4.69, 9.17) is 0 Å². The molecule has 0 unspecified atom stereocenters. The molecule has 2 atom stereocenters. The quantitative estimate of drug-likeness (QED) is 0.658. The van der Waals surface area contributed by atoms with Crippen LogP contribution in [0.15, 0.2) is 0 Å². The minimum Gasteiger partial charge on any atom is -0.355 e. The Labute approximate surface area is 120 Å². The van der Waals surface area contributed by atoms with Crippen LogP contribution < -0.4 is 16.0 Å². The highest BCUT2D eigenvalue weighted by Crippen LogP contribution is 2.43. The topological polar surface area (TPSA) is 70.2 Å². The third-order valence-corrected chi connectivity index (χ3v) is 4.27. The third kappa shape index (κ3) is 3.60. The molecule has 6 heteroatoms. The Morgan fingerprint density at radius 1 is 1.26 bits per heavy atom. The molecule has 110 valence electrons. The third-order valence-electron chi connectivity index (χ3n) is 4.27. The van der Waals surface area contributed by atoms with E-state index in [1.807, 2.05) is 0 Å². The molecule has 0 radical (unpaired) electrons. The summed E-state index contributed by atoms with van der Waals surface area (Å²) < 4.78 is 0. The van der Waals surface area contributed by atoms with Crippen molar-refractivity contribution in [1.82, 2.24) is 16.0 Å². The predicted molar refractivity (Wildman–Crippen MR) is 76.2 cm³/mol. The van der Waals surface area contributed by atoms with Crippen LogP contribution in [0.25, 0.3) is 0 Å². The second-order valence-corrected chi connectivity index (χ2v) is 5.47. The van der Waals surface area contributed by atoms with Crippen molar-refractivity contribution in [2.24, 2.45) is 11.3 Å². The summed E-state index contributed by atoms with van der Waals surface area (Å²) in [5.41, 5.74) is -0.186. The van der Waals surface area contributed by atoms with Gasteiger partial charge in [0.25, 0.3) is 0 Å². The van der Waals surface area contributed by atoms with Crippen LogP contribution in [0, 0.1) is 11.3 Å². The van der Waals surface area contributed by atoms with E-state index in [2.05, 4.69) is 16.0 Å². The molecule has 0 aromatic heterocycles. The average molecular weight is 290 g/mol. The van der Waals surface area contributed by atoms with Crippen LogP contribution in [-0.4, -0.2) is 38.0 Å². The Morgan fingerprint density at radius 3 is 2.74 bits per heavy atom. The molecule has 2 fully saturated rings. The number of hydrogen-bond acceptors (Lipinski definition) is 3. The standard InChI is InChI=1S/C13H23N3O2.ClH/c1-10(17)15-6-7-16-12(18)13-5-3-2-4-11(13)8-14-9-13;/h11,14H,2-9H2,1H3,(H,15,17)(H,16,18);1H/t11-,13+;/m0./s1. The fraction of sp³-hybridized carbons (Fsp3) is 0.846. The molecular formula is C13H24ClN3O2. The fourth-order valence-corrected chi connectivity index (χ4v) is 3.28. The fourth-order valence-electron chi connectivity index (χ4n) is 3.28. The number of carbonyl (C=O) groups excluding carboxylic acids is 2. The van der Waals surface area contributed by atoms with Gasteiger partial charge in [0, 0.05) is 26.6 Å². The van der Waals surface area contributed by atoms with Crippen LogP contribution in [0.4, 0.5) is 0 Å². The van der Waals surface area contributed by atoms with Gasteiger partial charge in [0.2, 0.25) is 11.8 Å². The maximum atomic E-state index is 12.4. The Bertz CT molecular complexity index is 338. The lowest BCUT2D eigenvalue weighted by atomic mass is 9.67. The van der Waals surface area contributed by atoms with Gasteiger partial charge >= 0.3 is 0 Å². The highest BCUT2D eigenvalue weighted by atomic mass is 35.5. The summed E-state index contributed by atoms with van der Waals surface area (Å²) in [6, 6.07) is 0. The first-order valence-electron chi connectivity index (χ1n) is 6.88. The molecular weight excluding hydrogens is 266 g/mol. The first-order valence-corrected chi connectivity index (χ1v) is 6.88. The molecule has 0 bridgehead atoms. The van der Waals surface area contributed by atoms with Gasteiger partial charge in [0.1, 0.15) is 0 Å². The van der Waals surface area contributed by atoms with Crippen LogP contribution in [0.1, 0.15) is 32.6 Å². The first kappa shape index (κ1) is 16.2. The molecule has 1 heterocycles. The van der Waals surface area contributed by atoms with Gasteiger partial charge < -0.3 is 16.0 Å². The van der Waals surface area contributed by atoms with E-state index >= 15 is 0 Å². The zero-order chi connectivity index (χ0) is 13.0. The van der Waals surface area contributed by atoms with Gasteiger partial charge in [-0.3, -0.25) is 9.59 Å². The maximum Gasteiger partial charge on any atom is 0.227 e. The number of halogens is 1. The van der Waals surface area contributed by atoms with Crippen molar-refractivity contribution in [3.8, 4) is 0 Å². The normalized spacial score (nSPS) is 29.0. The van der Waals surface area contributed by atoms with Gasteiger partial charge in [-0.05, 0) is 25.3 Å². The summed E-state index contributed by atoms with van der Waals surface area (Å²) in [5, 5.41) is 9.03. The van der Waals surface area contributed by atoms with Gasteiger partial charge in [-0.1, -0.05) is 12.8 Å². The van der Waals surface area contributed by atoms with Gasteiger partial charge in [0.05, 0.1) is 5.41 Å². The Morgan fingerprint density at radius 2 is 2.00 bits per heavy atom. The molecule has 2 amide bonds. The van der Waals surface area contributed by atoms with Crippen molar-refractivity contribution >= 4 is 24.2 Å². The lowest BCUT2D eigenvalue weighted by Crippen LogP contribution is -2.49. The van der Waals surface area contributed by atoms with E-state index in [-0.39, 0.29) is 29.6 Å². The maximum absolute atomic E-state index is 12.4. The van der Waals surface area contributed by atoms with Crippen molar-refractivity contribution in [1.29, 1.82) is 0 Å².